The number of rotatable bonds is 8. The first-order valence-corrected chi connectivity index (χ1v) is 13.1. The average Bonchev–Trinajstić information content (AvgIpc) is 2.89. The number of hydrogen-bond acceptors (Lipinski definition) is 4. The van der Waals surface area contributed by atoms with Crippen molar-refractivity contribution in [2.24, 2.45) is 11.8 Å². The van der Waals surface area contributed by atoms with E-state index in [-0.39, 0.29) is 35.4 Å². The summed E-state index contributed by atoms with van der Waals surface area (Å²) < 4.78 is 13.1. The van der Waals surface area contributed by atoms with Gasteiger partial charge in [-0.05, 0) is 119 Å². The fourth-order valence-electron chi connectivity index (χ4n) is 5.41. The number of carbonyl (C=O) groups is 3. The Kier molecular flexibility index (Phi) is 8.86. The number of Topliss-reactive ketones (excluding diaryl/α,β-unsaturated/α-hetero) is 1. The molecule has 0 radical (unpaired) electrons. The Bertz CT molecular complexity index is 1040. The lowest BCUT2D eigenvalue weighted by atomic mass is 9.83. The summed E-state index contributed by atoms with van der Waals surface area (Å²) in [6.45, 7) is 4.38. The molecule has 1 saturated carbocycles. The standard InChI is InChI=1S/C29H36FN3O3/c1-20(34)31-26-12-6-24(7-13-26)29(36)32-27-10-2-21(3-11-27)14-17-33-18-15-23(16-19-33)28(35)22-4-8-25(30)9-5-22/h4-9,12-13,21,23,27H,2-3,10-11,14-19H2,1H3,(H,31,34)(H,32,36)/t21-,27-. The maximum Gasteiger partial charge on any atom is 0.251 e. The van der Waals surface area contributed by atoms with Crippen LogP contribution >= 0.6 is 0 Å². The van der Waals surface area contributed by atoms with Crippen molar-refractivity contribution in [3.05, 3.63) is 65.5 Å². The van der Waals surface area contributed by atoms with E-state index in [9.17, 15) is 18.8 Å². The van der Waals surface area contributed by atoms with Crippen LogP contribution in [0.2, 0.25) is 0 Å². The second kappa shape index (κ2) is 12.3. The number of likely N-dealkylation sites (tertiary alicyclic amines) is 1. The minimum Gasteiger partial charge on any atom is -0.349 e. The number of nitrogens with one attached hydrogen (secondary N) is 2. The molecule has 1 heterocycles. The van der Waals surface area contributed by atoms with Gasteiger partial charge in [-0.25, -0.2) is 4.39 Å². The van der Waals surface area contributed by atoms with Crippen molar-refractivity contribution in [1.29, 1.82) is 0 Å². The molecule has 2 aromatic rings. The molecule has 1 aliphatic carbocycles. The van der Waals surface area contributed by atoms with E-state index in [2.05, 4.69) is 15.5 Å². The summed E-state index contributed by atoms with van der Waals surface area (Å²) in [5.41, 5.74) is 1.90. The fourth-order valence-corrected chi connectivity index (χ4v) is 5.41. The van der Waals surface area contributed by atoms with E-state index in [0.29, 0.717) is 22.7 Å². The van der Waals surface area contributed by atoms with Crippen molar-refractivity contribution < 1.29 is 18.8 Å². The molecule has 0 spiro atoms. The number of ketones is 1. The summed E-state index contributed by atoms with van der Waals surface area (Å²) in [4.78, 5) is 38.9. The first kappa shape index (κ1) is 26.0. The van der Waals surface area contributed by atoms with Gasteiger partial charge >= 0.3 is 0 Å². The SMILES string of the molecule is CC(=O)Nc1ccc(C(=O)N[C@H]2CC[C@H](CCN3CCC(C(=O)c4ccc(F)cc4)CC3)CC2)cc1. The number of anilines is 1. The van der Waals surface area contributed by atoms with Gasteiger partial charge in [-0.15, -0.1) is 0 Å². The Balaban J connectivity index is 1.13. The quantitative estimate of drug-likeness (QED) is 0.504. The van der Waals surface area contributed by atoms with Crippen LogP contribution in [0.1, 0.15) is 72.6 Å². The lowest BCUT2D eigenvalue weighted by Crippen LogP contribution is -2.39. The highest BCUT2D eigenvalue weighted by molar-refractivity contribution is 5.98. The third kappa shape index (κ3) is 7.23. The van der Waals surface area contributed by atoms with Gasteiger partial charge < -0.3 is 15.5 Å². The van der Waals surface area contributed by atoms with Gasteiger partial charge in [-0.3, -0.25) is 14.4 Å². The van der Waals surface area contributed by atoms with Gasteiger partial charge in [0.1, 0.15) is 5.82 Å². The maximum absolute atomic E-state index is 13.1. The van der Waals surface area contributed by atoms with E-state index in [1.54, 1.807) is 36.4 Å². The molecule has 1 saturated heterocycles. The van der Waals surface area contributed by atoms with Gasteiger partial charge in [-0.2, -0.15) is 0 Å². The molecule has 6 nitrogen and oxygen atoms in total. The Morgan fingerprint density at radius 1 is 0.861 bits per heavy atom. The summed E-state index contributed by atoms with van der Waals surface area (Å²) in [6.07, 6.45) is 7.10. The highest BCUT2D eigenvalue weighted by Crippen LogP contribution is 2.29. The third-order valence-corrected chi connectivity index (χ3v) is 7.59. The molecule has 1 aliphatic heterocycles. The summed E-state index contributed by atoms with van der Waals surface area (Å²) in [6, 6.07) is 13.1. The predicted molar refractivity (Wildman–Crippen MR) is 138 cm³/mol. The minimum absolute atomic E-state index is 0.0346. The van der Waals surface area contributed by atoms with Crippen LogP contribution in [-0.2, 0) is 4.79 Å². The van der Waals surface area contributed by atoms with Crippen LogP contribution in [0, 0.1) is 17.7 Å². The molecule has 36 heavy (non-hydrogen) atoms. The van der Waals surface area contributed by atoms with E-state index in [1.807, 2.05) is 0 Å². The van der Waals surface area contributed by atoms with Gasteiger partial charge in [0, 0.05) is 35.7 Å². The molecular formula is C29H36FN3O3. The molecule has 2 amide bonds. The smallest absolute Gasteiger partial charge is 0.251 e. The molecular weight excluding hydrogens is 457 g/mol. The summed E-state index contributed by atoms with van der Waals surface area (Å²) in [5, 5.41) is 5.87. The molecule has 2 fully saturated rings. The minimum atomic E-state index is -0.313. The van der Waals surface area contributed by atoms with E-state index in [4.69, 9.17) is 0 Å². The lowest BCUT2D eigenvalue weighted by Gasteiger charge is -2.34. The van der Waals surface area contributed by atoms with E-state index in [0.717, 1.165) is 64.6 Å². The van der Waals surface area contributed by atoms with Crippen LogP contribution in [0.4, 0.5) is 10.1 Å². The van der Waals surface area contributed by atoms with Gasteiger partial charge in [0.15, 0.2) is 5.78 Å². The van der Waals surface area contributed by atoms with Crippen LogP contribution in [0.25, 0.3) is 0 Å². The molecule has 2 aliphatic rings. The fraction of sp³-hybridized carbons (Fsp3) is 0.483. The van der Waals surface area contributed by atoms with Crippen LogP contribution < -0.4 is 10.6 Å². The monoisotopic (exact) mass is 493 g/mol. The molecule has 0 unspecified atom stereocenters. The second-order valence-corrected chi connectivity index (χ2v) is 10.2. The van der Waals surface area contributed by atoms with Crippen molar-refractivity contribution in [3.8, 4) is 0 Å². The van der Waals surface area contributed by atoms with Crippen LogP contribution in [0.3, 0.4) is 0 Å². The zero-order valence-corrected chi connectivity index (χ0v) is 21.0. The molecule has 192 valence electrons. The highest BCUT2D eigenvalue weighted by atomic mass is 19.1. The van der Waals surface area contributed by atoms with Crippen molar-refractivity contribution in [2.75, 3.05) is 25.0 Å². The molecule has 0 atom stereocenters. The second-order valence-electron chi connectivity index (χ2n) is 10.2. The summed E-state index contributed by atoms with van der Waals surface area (Å²) >= 11 is 0. The number of carbonyl (C=O) groups excluding carboxylic acids is 3. The molecule has 4 rings (SSSR count). The number of amides is 2. The predicted octanol–water partition coefficient (Wildman–Crippen LogP) is 5.06. The first-order valence-electron chi connectivity index (χ1n) is 13.1. The summed E-state index contributed by atoms with van der Waals surface area (Å²) in [5.74, 6) is 0.336. The van der Waals surface area contributed by atoms with Crippen molar-refractivity contribution >= 4 is 23.3 Å². The average molecular weight is 494 g/mol. The zero-order valence-electron chi connectivity index (χ0n) is 21.0. The van der Waals surface area contributed by atoms with Crippen LogP contribution in [-0.4, -0.2) is 48.2 Å². The van der Waals surface area contributed by atoms with Gasteiger partial charge in [0.05, 0.1) is 0 Å². The van der Waals surface area contributed by atoms with E-state index in [1.165, 1.54) is 19.1 Å². The maximum atomic E-state index is 13.1. The molecule has 0 bridgehead atoms. The first-order chi connectivity index (χ1) is 17.4. The molecule has 7 heteroatoms. The third-order valence-electron chi connectivity index (χ3n) is 7.59. The Morgan fingerprint density at radius 2 is 1.47 bits per heavy atom. The normalized spacial score (nSPS) is 21.1. The van der Waals surface area contributed by atoms with Crippen LogP contribution in [0.5, 0.6) is 0 Å². The topological polar surface area (TPSA) is 78.5 Å². The van der Waals surface area contributed by atoms with Crippen molar-refractivity contribution in [2.45, 2.75) is 57.9 Å². The number of hydrogen-bond donors (Lipinski definition) is 2. The van der Waals surface area contributed by atoms with Crippen LogP contribution in [0.15, 0.2) is 48.5 Å². The number of benzene rings is 2. The van der Waals surface area contributed by atoms with Gasteiger partial charge in [-0.1, -0.05) is 0 Å². The molecule has 2 N–H and O–H groups in total. The van der Waals surface area contributed by atoms with E-state index < -0.39 is 0 Å². The molecule has 2 aromatic carbocycles. The van der Waals surface area contributed by atoms with Crippen molar-refractivity contribution in [1.82, 2.24) is 10.2 Å². The largest absolute Gasteiger partial charge is 0.349 e. The van der Waals surface area contributed by atoms with Gasteiger partial charge in [0.25, 0.3) is 5.91 Å². The number of halogens is 1. The van der Waals surface area contributed by atoms with E-state index >= 15 is 0 Å². The zero-order chi connectivity index (χ0) is 25.5. The summed E-state index contributed by atoms with van der Waals surface area (Å²) in [7, 11) is 0. The van der Waals surface area contributed by atoms with Gasteiger partial charge in [0.2, 0.25) is 5.91 Å². The lowest BCUT2D eigenvalue weighted by molar-refractivity contribution is -0.114. The Labute approximate surface area is 212 Å². The molecule has 0 aromatic heterocycles. The Hall–Kier alpha value is -3.06. The highest BCUT2D eigenvalue weighted by Gasteiger charge is 2.27. The number of piperidine rings is 1. The van der Waals surface area contributed by atoms with Crippen molar-refractivity contribution in [3.63, 3.8) is 0 Å². The number of nitrogens with zero attached hydrogens (tertiary/aromatic N) is 1. The Morgan fingerprint density at radius 3 is 2.08 bits per heavy atom.